The molecule has 3 aromatic heterocycles. The topological polar surface area (TPSA) is 107 Å². The molecule has 0 aliphatic heterocycles. The van der Waals surface area contributed by atoms with Crippen LogP contribution in [-0.4, -0.2) is 42.9 Å². The maximum Gasteiger partial charge on any atom is 0.252 e. The Hall–Kier alpha value is -4.01. The van der Waals surface area contributed by atoms with Crippen molar-refractivity contribution in [2.45, 2.75) is 53.0 Å². The molecule has 1 aromatic carbocycles. The second-order valence-corrected chi connectivity index (χ2v) is 9.84. The molecule has 0 saturated heterocycles. The number of aryl methyl sites for hydroxylation is 1. The van der Waals surface area contributed by atoms with Gasteiger partial charge in [-0.1, -0.05) is 13.8 Å². The Kier molecular flexibility index (Phi) is 6.43. The van der Waals surface area contributed by atoms with Crippen LogP contribution < -0.4 is 10.6 Å². The minimum Gasteiger partial charge on any atom is -0.343 e. The van der Waals surface area contributed by atoms with Crippen molar-refractivity contribution in [2.75, 3.05) is 11.9 Å². The Bertz CT molecular complexity index is 1360. The minimum atomic E-state index is -0.333. The van der Waals surface area contributed by atoms with E-state index < -0.39 is 0 Å². The first kappa shape index (κ1) is 24.1. The third kappa shape index (κ3) is 5.08. The summed E-state index contributed by atoms with van der Waals surface area (Å²) in [7, 11) is 0. The van der Waals surface area contributed by atoms with E-state index in [0.29, 0.717) is 22.3 Å². The maximum absolute atomic E-state index is 13.2. The minimum absolute atomic E-state index is 0.127. The molecule has 0 radical (unpaired) electrons. The van der Waals surface area contributed by atoms with E-state index in [9.17, 15) is 9.59 Å². The molecule has 0 atom stereocenters. The van der Waals surface area contributed by atoms with Gasteiger partial charge in [0, 0.05) is 23.8 Å². The number of anilines is 1. The highest BCUT2D eigenvalue weighted by molar-refractivity contribution is 6.08. The van der Waals surface area contributed by atoms with E-state index >= 15 is 0 Å². The summed E-state index contributed by atoms with van der Waals surface area (Å²) in [6.07, 6.45) is 3.55. The molecule has 4 rings (SSSR count). The van der Waals surface area contributed by atoms with Crippen molar-refractivity contribution in [1.29, 1.82) is 0 Å². The quantitative estimate of drug-likeness (QED) is 0.437. The summed E-state index contributed by atoms with van der Waals surface area (Å²) in [6, 6.07) is 10.9. The van der Waals surface area contributed by atoms with Crippen LogP contribution in [0.15, 0.2) is 48.8 Å². The predicted molar refractivity (Wildman–Crippen MR) is 136 cm³/mol. The van der Waals surface area contributed by atoms with Gasteiger partial charge in [-0.15, -0.1) is 0 Å². The van der Waals surface area contributed by atoms with Crippen LogP contribution in [0.1, 0.15) is 62.3 Å². The highest BCUT2D eigenvalue weighted by atomic mass is 16.2. The van der Waals surface area contributed by atoms with Crippen molar-refractivity contribution in [3.8, 4) is 5.69 Å². The van der Waals surface area contributed by atoms with Crippen molar-refractivity contribution in [2.24, 2.45) is 0 Å². The number of nitrogens with zero attached hydrogens (tertiary/aromatic N) is 5. The lowest BCUT2D eigenvalue weighted by Gasteiger charge is -2.20. The second kappa shape index (κ2) is 9.32. The number of pyridine rings is 1. The fourth-order valence-corrected chi connectivity index (χ4v) is 3.83. The smallest absolute Gasteiger partial charge is 0.252 e. The zero-order valence-electron chi connectivity index (χ0n) is 21.0. The molecule has 35 heavy (non-hydrogen) atoms. The summed E-state index contributed by atoms with van der Waals surface area (Å²) < 4.78 is 3.59. The second-order valence-electron chi connectivity index (χ2n) is 9.84. The number of hydrogen-bond donors (Lipinski definition) is 2. The number of benzene rings is 1. The van der Waals surface area contributed by atoms with Crippen molar-refractivity contribution in [3.63, 3.8) is 0 Å². The average molecular weight is 474 g/mol. The van der Waals surface area contributed by atoms with Crippen molar-refractivity contribution < 1.29 is 9.59 Å². The Morgan fingerprint density at radius 3 is 2.43 bits per heavy atom. The van der Waals surface area contributed by atoms with Crippen molar-refractivity contribution >= 4 is 28.5 Å². The summed E-state index contributed by atoms with van der Waals surface area (Å²) in [5.41, 5.74) is 3.90. The number of carbonyl (C=O) groups excluding carboxylic acids is 2. The normalized spacial score (nSPS) is 11.7. The molecule has 9 nitrogen and oxygen atoms in total. The fourth-order valence-electron chi connectivity index (χ4n) is 3.83. The average Bonchev–Trinajstić information content (AvgIpc) is 3.46. The van der Waals surface area contributed by atoms with Crippen LogP contribution in [0.25, 0.3) is 16.7 Å². The van der Waals surface area contributed by atoms with Gasteiger partial charge in [-0.25, -0.2) is 14.3 Å². The first-order chi connectivity index (χ1) is 16.5. The number of aromatic nitrogens is 5. The summed E-state index contributed by atoms with van der Waals surface area (Å²) >= 11 is 0. The molecular weight excluding hydrogens is 442 g/mol. The molecule has 2 N–H and O–H groups in total. The fraction of sp³-hybridized carbons (Fsp3) is 0.346. The van der Waals surface area contributed by atoms with Gasteiger partial charge in [-0.2, -0.15) is 10.2 Å². The zero-order chi connectivity index (χ0) is 25.3. The molecule has 4 aromatic rings. The van der Waals surface area contributed by atoms with Gasteiger partial charge in [0.25, 0.3) is 5.91 Å². The van der Waals surface area contributed by atoms with Gasteiger partial charge < -0.3 is 10.6 Å². The first-order valence-electron chi connectivity index (χ1n) is 11.6. The molecule has 0 aliphatic carbocycles. The Balaban J connectivity index is 1.51. The van der Waals surface area contributed by atoms with E-state index in [4.69, 9.17) is 4.98 Å². The van der Waals surface area contributed by atoms with Gasteiger partial charge >= 0.3 is 0 Å². The van der Waals surface area contributed by atoms with Gasteiger partial charge in [0.1, 0.15) is 0 Å². The Morgan fingerprint density at radius 2 is 1.83 bits per heavy atom. The van der Waals surface area contributed by atoms with Crippen LogP contribution in [0, 0.1) is 6.92 Å². The third-order valence-corrected chi connectivity index (χ3v) is 5.63. The number of fused-ring (bicyclic) bond motifs is 1. The van der Waals surface area contributed by atoms with Crippen molar-refractivity contribution in [3.05, 3.63) is 65.7 Å². The van der Waals surface area contributed by atoms with Crippen LogP contribution in [-0.2, 0) is 10.3 Å². The van der Waals surface area contributed by atoms with E-state index in [1.165, 1.54) is 0 Å². The lowest BCUT2D eigenvalue weighted by Crippen LogP contribution is -2.33. The van der Waals surface area contributed by atoms with Crippen LogP contribution in [0.5, 0.6) is 0 Å². The summed E-state index contributed by atoms with van der Waals surface area (Å²) in [6.45, 7) is 11.9. The van der Waals surface area contributed by atoms with E-state index in [1.807, 2.05) is 70.6 Å². The molecule has 3 heterocycles. The molecule has 0 aliphatic rings. The predicted octanol–water partition coefficient (Wildman–Crippen LogP) is 4.17. The van der Waals surface area contributed by atoms with Crippen LogP contribution in [0.4, 0.5) is 5.69 Å². The van der Waals surface area contributed by atoms with Gasteiger partial charge in [-0.3, -0.25) is 9.59 Å². The molecule has 2 amide bonds. The monoisotopic (exact) mass is 473 g/mol. The molecule has 9 heteroatoms. The molecule has 0 fully saturated rings. The standard InChI is InChI=1S/C26H31N7O2/c1-16(2)21-14-20(23-17(3)31-33(24(23)30-21)26(4,5)6)25(35)27-15-22(34)29-18-8-10-19(11-9-18)32-13-7-12-28-32/h7-14,16H,15H2,1-6H3,(H,27,35)(H,29,34). The van der Waals surface area contributed by atoms with E-state index in [1.54, 1.807) is 29.1 Å². The lowest BCUT2D eigenvalue weighted by atomic mass is 10.0. The molecule has 0 saturated carbocycles. The molecular formula is C26H31N7O2. The number of amides is 2. The van der Waals surface area contributed by atoms with E-state index in [-0.39, 0.29) is 29.8 Å². The van der Waals surface area contributed by atoms with Gasteiger partial charge in [0.15, 0.2) is 5.65 Å². The SMILES string of the molecule is Cc1nn(C(C)(C)C)c2nc(C(C)C)cc(C(=O)NCC(=O)Nc3ccc(-n4cccn4)cc3)c12. The lowest BCUT2D eigenvalue weighted by molar-refractivity contribution is -0.115. The number of hydrogen-bond acceptors (Lipinski definition) is 5. The summed E-state index contributed by atoms with van der Waals surface area (Å²) in [5.74, 6) is -0.524. The maximum atomic E-state index is 13.2. The molecule has 0 unspecified atom stereocenters. The van der Waals surface area contributed by atoms with Gasteiger partial charge in [-0.05, 0) is 70.0 Å². The number of carbonyl (C=O) groups is 2. The molecule has 0 bridgehead atoms. The number of nitrogens with one attached hydrogen (secondary N) is 2. The highest BCUT2D eigenvalue weighted by Crippen LogP contribution is 2.28. The Morgan fingerprint density at radius 1 is 1.11 bits per heavy atom. The van der Waals surface area contributed by atoms with E-state index in [2.05, 4.69) is 20.8 Å². The van der Waals surface area contributed by atoms with Crippen LogP contribution >= 0.6 is 0 Å². The van der Waals surface area contributed by atoms with E-state index in [0.717, 1.165) is 17.1 Å². The van der Waals surface area contributed by atoms with Crippen LogP contribution in [0.3, 0.4) is 0 Å². The third-order valence-electron chi connectivity index (χ3n) is 5.63. The highest BCUT2D eigenvalue weighted by Gasteiger charge is 2.25. The molecule has 182 valence electrons. The zero-order valence-corrected chi connectivity index (χ0v) is 21.0. The largest absolute Gasteiger partial charge is 0.343 e. The van der Waals surface area contributed by atoms with Gasteiger partial charge in [0.2, 0.25) is 5.91 Å². The van der Waals surface area contributed by atoms with Gasteiger partial charge in [0.05, 0.1) is 34.4 Å². The summed E-state index contributed by atoms with van der Waals surface area (Å²) in [5, 5.41) is 15.1. The molecule has 0 spiro atoms. The first-order valence-corrected chi connectivity index (χ1v) is 11.6. The Labute approximate surface area is 204 Å². The van der Waals surface area contributed by atoms with Crippen LogP contribution in [0.2, 0.25) is 0 Å². The van der Waals surface area contributed by atoms with Crippen molar-refractivity contribution in [1.82, 2.24) is 29.9 Å². The summed E-state index contributed by atoms with van der Waals surface area (Å²) in [4.78, 5) is 30.6. The number of rotatable bonds is 6.